The molecule has 1 aliphatic rings. The monoisotopic (exact) mass is 222 g/mol. The van der Waals surface area contributed by atoms with Crippen molar-refractivity contribution in [2.45, 2.75) is 62.6 Å². The highest BCUT2D eigenvalue weighted by molar-refractivity contribution is 6.50. The third-order valence-corrected chi connectivity index (χ3v) is 3.79. The standard InChI is InChI=1S/C11H20Cl2/c1-2-3-4-5-6-7-8-10-9-11(10,12)13/h10H,2-9H2,1H3. The molecule has 0 radical (unpaired) electrons. The van der Waals surface area contributed by atoms with E-state index in [-0.39, 0.29) is 4.33 Å². The Morgan fingerprint density at radius 1 is 1.08 bits per heavy atom. The predicted octanol–water partition coefficient (Wildman–Crippen LogP) is 4.93. The Morgan fingerprint density at radius 3 is 2.15 bits per heavy atom. The van der Waals surface area contributed by atoms with E-state index in [1.165, 1.54) is 44.9 Å². The van der Waals surface area contributed by atoms with Crippen LogP contribution in [0.15, 0.2) is 0 Å². The minimum Gasteiger partial charge on any atom is -0.101 e. The number of halogens is 2. The average Bonchev–Trinajstić information content (AvgIpc) is 2.67. The molecule has 0 nitrogen and oxygen atoms in total. The molecule has 0 aliphatic heterocycles. The minimum absolute atomic E-state index is 0.344. The van der Waals surface area contributed by atoms with E-state index in [1.807, 2.05) is 0 Å². The van der Waals surface area contributed by atoms with Crippen molar-refractivity contribution in [2.75, 3.05) is 0 Å². The summed E-state index contributed by atoms with van der Waals surface area (Å²) >= 11 is 11.9. The Balaban J connectivity index is 1.80. The van der Waals surface area contributed by atoms with Crippen LogP contribution in [-0.2, 0) is 0 Å². The Kier molecular flexibility index (Phi) is 4.89. The molecule has 1 rings (SSSR count). The van der Waals surface area contributed by atoms with Crippen LogP contribution in [0.4, 0.5) is 0 Å². The molecular weight excluding hydrogens is 203 g/mol. The number of hydrogen-bond donors (Lipinski definition) is 0. The molecule has 0 aromatic rings. The summed E-state index contributed by atoms with van der Waals surface area (Å²) in [6.07, 6.45) is 10.4. The second-order valence-corrected chi connectivity index (χ2v) is 5.76. The van der Waals surface area contributed by atoms with Crippen molar-refractivity contribution in [2.24, 2.45) is 5.92 Å². The summed E-state index contributed by atoms with van der Waals surface area (Å²) in [5, 5.41) is 0. The molecule has 13 heavy (non-hydrogen) atoms. The Labute approximate surface area is 92.0 Å². The fourth-order valence-electron chi connectivity index (χ4n) is 1.75. The highest BCUT2D eigenvalue weighted by atomic mass is 35.5. The van der Waals surface area contributed by atoms with E-state index < -0.39 is 0 Å². The molecule has 1 saturated carbocycles. The van der Waals surface area contributed by atoms with Crippen molar-refractivity contribution in [1.82, 2.24) is 0 Å². The molecule has 0 spiro atoms. The van der Waals surface area contributed by atoms with Crippen molar-refractivity contribution in [3.63, 3.8) is 0 Å². The van der Waals surface area contributed by atoms with Crippen molar-refractivity contribution in [1.29, 1.82) is 0 Å². The molecule has 0 amide bonds. The largest absolute Gasteiger partial charge is 0.121 e. The third kappa shape index (κ3) is 4.56. The Hall–Kier alpha value is 0.580. The first kappa shape index (κ1) is 11.7. The lowest BCUT2D eigenvalue weighted by molar-refractivity contribution is 0.566. The van der Waals surface area contributed by atoms with Crippen molar-refractivity contribution < 1.29 is 0 Å². The molecule has 0 bridgehead atoms. The van der Waals surface area contributed by atoms with Crippen LogP contribution in [0.2, 0.25) is 0 Å². The maximum Gasteiger partial charge on any atom is 0.121 e. The molecule has 0 aromatic carbocycles. The van der Waals surface area contributed by atoms with Gasteiger partial charge in [0.1, 0.15) is 4.33 Å². The summed E-state index contributed by atoms with van der Waals surface area (Å²) in [5.74, 6) is 0.599. The lowest BCUT2D eigenvalue weighted by atomic mass is 10.1. The molecule has 1 aliphatic carbocycles. The normalized spacial score (nSPS) is 24.7. The zero-order valence-corrected chi connectivity index (χ0v) is 10.0. The van der Waals surface area contributed by atoms with E-state index in [0.29, 0.717) is 5.92 Å². The molecule has 2 heteroatoms. The van der Waals surface area contributed by atoms with Gasteiger partial charge in [-0.25, -0.2) is 0 Å². The van der Waals surface area contributed by atoms with E-state index in [0.717, 1.165) is 6.42 Å². The number of unbranched alkanes of at least 4 members (excludes halogenated alkanes) is 5. The highest BCUT2D eigenvalue weighted by Crippen LogP contribution is 2.55. The molecule has 1 unspecified atom stereocenters. The van der Waals surface area contributed by atoms with Gasteiger partial charge in [0.25, 0.3) is 0 Å². The molecule has 0 N–H and O–H groups in total. The maximum absolute atomic E-state index is 5.94. The van der Waals surface area contributed by atoms with Gasteiger partial charge in [-0.3, -0.25) is 0 Å². The van der Waals surface area contributed by atoms with Gasteiger partial charge < -0.3 is 0 Å². The topological polar surface area (TPSA) is 0 Å². The van der Waals surface area contributed by atoms with Crippen molar-refractivity contribution >= 4 is 23.2 Å². The quantitative estimate of drug-likeness (QED) is 0.424. The van der Waals surface area contributed by atoms with E-state index in [2.05, 4.69) is 6.92 Å². The maximum atomic E-state index is 5.94. The second-order valence-electron chi connectivity index (χ2n) is 4.22. The predicted molar refractivity (Wildman–Crippen MR) is 60.5 cm³/mol. The SMILES string of the molecule is CCCCCCCCC1CC1(Cl)Cl. The molecule has 1 fully saturated rings. The third-order valence-electron chi connectivity index (χ3n) is 2.86. The summed E-state index contributed by atoms with van der Waals surface area (Å²) < 4.78 is -0.344. The van der Waals surface area contributed by atoms with Gasteiger partial charge in [0.05, 0.1) is 0 Å². The minimum atomic E-state index is -0.344. The highest BCUT2D eigenvalue weighted by Gasteiger charge is 2.50. The Bertz CT molecular complexity index is 143. The lowest BCUT2D eigenvalue weighted by Gasteiger charge is -2.00. The van der Waals surface area contributed by atoms with Gasteiger partial charge in [0.15, 0.2) is 0 Å². The van der Waals surface area contributed by atoms with Crippen LogP contribution in [0, 0.1) is 5.92 Å². The fraction of sp³-hybridized carbons (Fsp3) is 1.00. The first-order valence-electron chi connectivity index (χ1n) is 5.54. The average molecular weight is 223 g/mol. The molecule has 78 valence electrons. The van der Waals surface area contributed by atoms with Gasteiger partial charge >= 0.3 is 0 Å². The van der Waals surface area contributed by atoms with Crippen LogP contribution in [0.5, 0.6) is 0 Å². The van der Waals surface area contributed by atoms with E-state index >= 15 is 0 Å². The van der Waals surface area contributed by atoms with Crippen LogP contribution in [-0.4, -0.2) is 4.33 Å². The molecular formula is C11H20Cl2. The number of rotatable bonds is 7. The van der Waals surface area contributed by atoms with E-state index in [4.69, 9.17) is 23.2 Å². The molecule has 0 heterocycles. The van der Waals surface area contributed by atoms with Gasteiger partial charge in [-0.05, 0) is 18.8 Å². The summed E-state index contributed by atoms with van der Waals surface area (Å²) in [5.41, 5.74) is 0. The van der Waals surface area contributed by atoms with Gasteiger partial charge in [-0.2, -0.15) is 0 Å². The van der Waals surface area contributed by atoms with Crippen LogP contribution in [0.1, 0.15) is 58.3 Å². The first-order chi connectivity index (χ1) is 6.17. The van der Waals surface area contributed by atoms with Gasteiger partial charge in [-0.1, -0.05) is 45.4 Å². The van der Waals surface area contributed by atoms with E-state index in [9.17, 15) is 0 Å². The smallest absolute Gasteiger partial charge is 0.101 e. The lowest BCUT2D eigenvalue weighted by Crippen LogP contribution is -1.90. The van der Waals surface area contributed by atoms with Gasteiger partial charge in [0, 0.05) is 0 Å². The first-order valence-corrected chi connectivity index (χ1v) is 6.30. The molecule has 1 atom stereocenters. The van der Waals surface area contributed by atoms with Crippen LogP contribution in [0.25, 0.3) is 0 Å². The molecule has 0 aromatic heterocycles. The summed E-state index contributed by atoms with van der Waals surface area (Å²) in [6.45, 7) is 2.25. The van der Waals surface area contributed by atoms with Crippen LogP contribution < -0.4 is 0 Å². The zero-order valence-electron chi connectivity index (χ0n) is 8.49. The van der Waals surface area contributed by atoms with Gasteiger partial charge in [-0.15, -0.1) is 23.2 Å². The number of hydrogen-bond acceptors (Lipinski definition) is 0. The summed E-state index contributed by atoms with van der Waals surface area (Å²) in [6, 6.07) is 0. The number of alkyl halides is 2. The Morgan fingerprint density at radius 2 is 1.62 bits per heavy atom. The fourth-order valence-corrected chi connectivity index (χ4v) is 2.34. The zero-order chi connectivity index (χ0) is 9.73. The second kappa shape index (κ2) is 5.46. The molecule has 0 saturated heterocycles. The summed E-state index contributed by atoms with van der Waals surface area (Å²) in [4.78, 5) is 0. The summed E-state index contributed by atoms with van der Waals surface area (Å²) in [7, 11) is 0. The van der Waals surface area contributed by atoms with Gasteiger partial charge in [0.2, 0.25) is 0 Å². The van der Waals surface area contributed by atoms with Crippen LogP contribution in [0.3, 0.4) is 0 Å². The van der Waals surface area contributed by atoms with Crippen molar-refractivity contribution in [3.05, 3.63) is 0 Å². The van der Waals surface area contributed by atoms with Crippen molar-refractivity contribution in [3.8, 4) is 0 Å². The van der Waals surface area contributed by atoms with E-state index in [1.54, 1.807) is 0 Å². The van der Waals surface area contributed by atoms with Crippen LogP contribution >= 0.6 is 23.2 Å².